The number of piperidine rings is 1. The molecule has 0 unspecified atom stereocenters. The van der Waals surface area contributed by atoms with Gasteiger partial charge in [-0.1, -0.05) is 17.7 Å². The SMILES string of the molecule is CNCCC1CCN(CC(=O)Nc2ccc(C)cc2Cl)CC1. The molecule has 1 aromatic carbocycles. The zero-order chi connectivity index (χ0) is 15.9. The van der Waals surface area contributed by atoms with E-state index in [0.29, 0.717) is 17.3 Å². The first-order valence-electron chi connectivity index (χ1n) is 8.01. The lowest BCUT2D eigenvalue weighted by Gasteiger charge is -2.31. The molecule has 5 heteroatoms. The molecule has 1 heterocycles. The van der Waals surface area contributed by atoms with Crippen molar-refractivity contribution in [3.63, 3.8) is 0 Å². The van der Waals surface area contributed by atoms with Gasteiger partial charge in [-0.2, -0.15) is 0 Å². The van der Waals surface area contributed by atoms with Gasteiger partial charge in [-0.15, -0.1) is 0 Å². The van der Waals surface area contributed by atoms with E-state index < -0.39 is 0 Å². The van der Waals surface area contributed by atoms with E-state index in [9.17, 15) is 4.79 Å². The number of hydrogen-bond donors (Lipinski definition) is 2. The van der Waals surface area contributed by atoms with E-state index in [1.807, 2.05) is 32.2 Å². The van der Waals surface area contributed by atoms with Crippen LogP contribution in [0.5, 0.6) is 0 Å². The van der Waals surface area contributed by atoms with Crippen LogP contribution in [0, 0.1) is 12.8 Å². The van der Waals surface area contributed by atoms with Gasteiger partial charge >= 0.3 is 0 Å². The average Bonchev–Trinajstić information content (AvgIpc) is 2.49. The lowest BCUT2D eigenvalue weighted by atomic mass is 9.93. The Morgan fingerprint density at radius 3 is 2.73 bits per heavy atom. The molecule has 0 spiro atoms. The molecule has 0 atom stereocenters. The van der Waals surface area contributed by atoms with Gasteiger partial charge in [0.05, 0.1) is 17.3 Å². The Labute approximate surface area is 138 Å². The number of halogens is 1. The van der Waals surface area contributed by atoms with Gasteiger partial charge in [-0.3, -0.25) is 9.69 Å². The van der Waals surface area contributed by atoms with Crippen LogP contribution >= 0.6 is 11.6 Å². The number of carbonyl (C=O) groups excluding carboxylic acids is 1. The summed E-state index contributed by atoms with van der Waals surface area (Å²) < 4.78 is 0. The molecule has 1 saturated heterocycles. The first kappa shape index (κ1) is 17.3. The van der Waals surface area contributed by atoms with Crippen LogP contribution in [0.1, 0.15) is 24.8 Å². The number of nitrogens with zero attached hydrogens (tertiary/aromatic N) is 1. The molecular weight excluding hydrogens is 298 g/mol. The van der Waals surface area contributed by atoms with Gasteiger partial charge in [0.15, 0.2) is 0 Å². The largest absolute Gasteiger partial charge is 0.324 e. The van der Waals surface area contributed by atoms with Crippen LogP contribution in [-0.2, 0) is 4.79 Å². The summed E-state index contributed by atoms with van der Waals surface area (Å²) in [6, 6.07) is 5.68. The molecule has 2 N–H and O–H groups in total. The quantitative estimate of drug-likeness (QED) is 0.846. The Morgan fingerprint density at radius 1 is 1.36 bits per heavy atom. The van der Waals surface area contributed by atoms with Gasteiger partial charge in [-0.05, 0) is 76.5 Å². The fourth-order valence-corrected chi connectivity index (χ4v) is 3.18. The van der Waals surface area contributed by atoms with Crippen molar-refractivity contribution in [2.75, 3.05) is 38.5 Å². The molecule has 0 aliphatic carbocycles. The van der Waals surface area contributed by atoms with E-state index in [0.717, 1.165) is 31.1 Å². The van der Waals surface area contributed by atoms with Crippen LogP contribution in [0.15, 0.2) is 18.2 Å². The van der Waals surface area contributed by atoms with Crippen LogP contribution in [0.3, 0.4) is 0 Å². The predicted molar refractivity (Wildman–Crippen MR) is 92.5 cm³/mol. The van der Waals surface area contributed by atoms with E-state index in [4.69, 9.17) is 11.6 Å². The van der Waals surface area contributed by atoms with Crippen molar-refractivity contribution < 1.29 is 4.79 Å². The molecule has 0 saturated carbocycles. The maximum atomic E-state index is 12.1. The predicted octanol–water partition coefficient (Wildman–Crippen LogP) is 2.91. The number of aryl methyl sites for hydroxylation is 1. The summed E-state index contributed by atoms with van der Waals surface area (Å²) in [4.78, 5) is 14.4. The number of rotatable bonds is 6. The second-order valence-electron chi connectivity index (χ2n) is 6.14. The van der Waals surface area contributed by atoms with Gasteiger partial charge in [-0.25, -0.2) is 0 Å². The molecule has 0 aromatic heterocycles. The molecule has 0 bridgehead atoms. The summed E-state index contributed by atoms with van der Waals surface area (Å²) >= 11 is 6.15. The average molecular weight is 324 g/mol. The number of amides is 1. The number of anilines is 1. The summed E-state index contributed by atoms with van der Waals surface area (Å²) in [6.45, 7) is 5.52. The maximum Gasteiger partial charge on any atom is 0.238 e. The number of benzene rings is 1. The second kappa shape index (κ2) is 8.51. The first-order valence-corrected chi connectivity index (χ1v) is 8.39. The highest BCUT2D eigenvalue weighted by Crippen LogP contribution is 2.23. The Morgan fingerprint density at radius 2 is 2.09 bits per heavy atom. The fourth-order valence-electron chi connectivity index (χ4n) is 2.90. The number of hydrogen-bond acceptors (Lipinski definition) is 3. The molecular formula is C17H26ClN3O. The summed E-state index contributed by atoms with van der Waals surface area (Å²) in [6.07, 6.45) is 3.59. The van der Waals surface area contributed by atoms with Crippen molar-refractivity contribution in [2.24, 2.45) is 5.92 Å². The minimum absolute atomic E-state index is 0.0134. The van der Waals surface area contributed by atoms with E-state index in [1.54, 1.807) is 0 Å². The Kier molecular flexibility index (Phi) is 6.68. The summed E-state index contributed by atoms with van der Waals surface area (Å²) in [5, 5.41) is 6.71. The van der Waals surface area contributed by atoms with Crippen molar-refractivity contribution in [2.45, 2.75) is 26.2 Å². The zero-order valence-corrected chi connectivity index (χ0v) is 14.2. The third kappa shape index (κ3) is 5.27. The number of nitrogens with one attached hydrogen (secondary N) is 2. The molecule has 1 aromatic rings. The van der Waals surface area contributed by atoms with Crippen LogP contribution in [0.25, 0.3) is 0 Å². The summed E-state index contributed by atoms with van der Waals surface area (Å²) in [7, 11) is 2.00. The normalized spacial score (nSPS) is 16.7. The van der Waals surface area contributed by atoms with Crippen LogP contribution < -0.4 is 10.6 Å². The Hall–Kier alpha value is -1.10. The fraction of sp³-hybridized carbons (Fsp3) is 0.588. The van der Waals surface area contributed by atoms with Crippen LogP contribution in [-0.4, -0.2) is 44.0 Å². The van der Waals surface area contributed by atoms with Crippen molar-refractivity contribution >= 4 is 23.2 Å². The highest BCUT2D eigenvalue weighted by molar-refractivity contribution is 6.33. The topological polar surface area (TPSA) is 44.4 Å². The van der Waals surface area contributed by atoms with Crippen molar-refractivity contribution in [1.29, 1.82) is 0 Å². The number of carbonyl (C=O) groups is 1. The van der Waals surface area contributed by atoms with Crippen molar-refractivity contribution in [3.05, 3.63) is 28.8 Å². The van der Waals surface area contributed by atoms with Gasteiger partial charge in [0.2, 0.25) is 5.91 Å². The molecule has 1 amide bonds. The van der Waals surface area contributed by atoms with Gasteiger partial charge < -0.3 is 10.6 Å². The van der Waals surface area contributed by atoms with E-state index >= 15 is 0 Å². The van der Waals surface area contributed by atoms with Gasteiger partial charge in [0.25, 0.3) is 0 Å². The van der Waals surface area contributed by atoms with E-state index in [1.165, 1.54) is 19.3 Å². The van der Waals surface area contributed by atoms with Gasteiger partial charge in [0.1, 0.15) is 0 Å². The Balaban J connectivity index is 1.76. The molecule has 0 radical (unpaired) electrons. The van der Waals surface area contributed by atoms with Crippen LogP contribution in [0.4, 0.5) is 5.69 Å². The van der Waals surface area contributed by atoms with E-state index in [-0.39, 0.29) is 5.91 Å². The summed E-state index contributed by atoms with van der Waals surface area (Å²) in [5.74, 6) is 0.803. The standard InChI is InChI=1S/C17H26ClN3O/c1-13-3-4-16(15(18)11-13)20-17(22)12-21-9-6-14(7-10-21)5-8-19-2/h3-4,11,14,19H,5-10,12H2,1-2H3,(H,20,22). The van der Waals surface area contributed by atoms with Crippen LogP contribution in [0.2, 0.25) is 5.02 Å². The molecule has 122 valence electrons. The molecule has 2 rings (SSSR count). The molecule has 1 aliphatic rings. The molecule has 4 nitrogen and oxygen atoms in total. The smallest absolute Gasteiger partial charge is 0.238 e. The third-order valence-electron chi connectivity index (χ3n) is 4.28. The summed E-state index contributed by atoms with van der Waals surface area (Å²) in [5.41, 5.74) is 1.79. The zero-order valence-electron chi connectivity index (χ0n) is 13.5. The minimum atomic E-state index is 0.0134. The van der Waals surface area contributed by atoms with Crippen molar-refractivity contribution in [3.8, 4) is 0 Å². The lowest BCUT2D eigenvalue weighted by molar-refractivity contribution is -0.117. The molecule has 1 fully saturated rings. The monoisotopic (exact) mass is 323 g/mol. The number of likely N-dealkylation sites (tertiary alicyclic amines) is 1. The Bertz CT molecular complexity index is 499. The maximum absolute atomic E-state index is 12.1. The van der Waals surface area contributed by atoms with Gasteiger partial charge in [0, 0.05) is 0 Å². The minimum Gasteiger partial charge on any atom is -0.324 e. The highest BCUT2D eigenvalue weighted by Gasteiger charge is 2.20. The first-order chi connectivity index (χ1) is 10.6. The van der Waals surface area contributed by atoms with E-state index in [2.05, 4.69) is 15.5 Å². The highest BCUT2D eigenvalue weighted by atomic mass is 35.5. The molecule has 1 aliphatic heterocycles. The second-order valence-corrected chi connectivity index (χ2v) is 6.55. The third-order valence-corrected chi connectivity index (χ3v) is 4.59. The molecule has 22 heavy (non-hydrogen) atoms. The van der Waals surface area contributed by atoms with Crippen molar-refractivity contribution in [1.82, 2.24) is 10.2 Å². The lowest BCUT2D eigenvalue weighted by Crippen LogP contribution is -2.39.